The number of Topliss-reactive ketones (excluding diaryl/α,β-unsaturated/α-hetero) is 1. The fourth-order valence-corrected chi connectivity index (χ4v) is 8.04. The van der Waals surface area contributed by atoms with E-state index in [1.165, 1.54) is 9.80 Å². The largest absolute Gasteiger partial charge is 0.347 e. The van der Waals surface area contributed by atoms with E-state index in [9.17, 15) is 33.6 Å². The first-order chi connectivity index (χ1) is 22.8. The van der Waals surface area contributed by atoms with E-state index in [0.29, 0.717) is 13.0 Å². The van der Waals surface area contributed by atoms with Crippen LogP contribution < -0.4 is 21.3 Å². The SMILES string of the molecule is C[C@@H]1C[C@@]1(NC(=O)[C@@H]1[C@@H]2[C@H](CN1C(=O)[C@@H](NC(=O)N[C@H](CN1C(=O)CC(C)(C)CC1=O)C(C)(C)C)C(C)(C)C)C2(C)C)C(=O)C(=O)NC1CC1. The molecular formula is C37H58N6O7. The number of urea groups is 1. The predicted molar refractivity (Wildman–Crippen MR) is 185 cm³/mol. The predicted octanol–water partition coefficient (Wildman–Crippen LogP) is 2.52. The molecule has 0 radical (unpaired) electrons. The van der Waals surface area contributed by atoms with E-state index in [1.807, 2.05) is 62.3 Å². The van der Waals surface area contributed by atoms with Crippen molar-refractivity contribution in [3.8, 4) is 0 Å². The van der Waals surface area contributed by atoms with Gasteiger partial charge < -0.3 is 26.2 Å². The van der Waals surface area contributed by atoms with Gasteiger partial charge in [-0.2, -0.15) is 0 Å². The Morgan fingerprint density at radius 1 is 0.880 bits per heavy atom. The quantitative estimate of drug-likeness (QED) is 0.200. The zero-order valence-electron chi connectivity index (χ0n) is 31.7. The van der Waals surface area contributed by atoms with Gasteiger partial charge in [-0.1, -0.05) is 76.2 Å². The van der Waals surface area contributed by atoms with Gasteiger partial charge in [0, 0.05) is 32.0 Å². The van der Waals surface area contributed by atoms with Crippen molar-refractivity contribution in [3.63, 3.8) is 0 Å². The minimum Gasteiger partial charge on any atom is -0.347 e. The lowest BCUT2D eigenvalue weighted by molar-refractivity contribution is -0.153. The molecule has 13 nitrogen and oxygen atoms in total. The first kappa shape index (κ1) is 37.7. The van der Waals surface area contributed by atoms with E-state index in [-0.39, 0.29) is 60.4 Å². The Balaban J connectivity index is 1.31. The molecule has 2 saturated heterocycles. The monoisotopic (exact) mass is 698 g/mol. The summed E-state index contributed by atoms with van der Waals surface area (Å²) in [7, 11) is 0. The molecule has 4 N–H and O–H groups in total. The maximum atomic E-state index is 14.5. The fraction of sp³-hybridized carbons (Fsp3) is 0.811. The summed E-state index contributed by atoms with van der Waals surface area (Å²) in [6.07, 6.45) is 2.47. The summed E-state index contributed by atoms with van der Waals surface area (Å²) < 4.78 is 0. The molecule has 7 atom stereocenters. The van der Waals surface area contributed by atoms with Crippen LogP contribution in [0.4, 0.5) is 4.79 Å². The summed E-state index contributed by atoms with van der Waals surface area (Å²) in [5.74, 6) is -3.07. The standard InChI is InChI=1S/C37H58N6O7/c1-19-14-37(19,28(46)30(48)38-20-12-13-20)41-29(47)26-25-21(36(25,10)11)17-43(26)31(49)27(34(5,6)7)40-32(50)39-22(33(2,3)4)18-42-23(44)15-35(8,9)16-24(42)45/h19-22,25-27H,12-18H2,1-11H3,(H,38,48)(H,41,47)(H2,39,40,50)/t19-,21+,22-,25+,26+,27-,37+/m1/s1. The Kier molecular flexibility index (Phi) is 9.30. The summed E-state index contributed by atoms with van der Waals surface area (Å²) in [5, 5.41) is 11.5. The van der Waals surface area contributed by atoms with Crippen molar-refractivity contribution in [1.82, 2.24) is 31.1 Å². The molecule has 3 saturated carbocycles. The van der Waals surface area contributed by atoms with Crippen LogP contribution in [0.2, 0.25) is 0 Å². The highest BCUT2D eigenvalue weighted by Crippen LogP contribution is 2.65. The number of nitrogens with one attached hydrogen (secondary N) is 4. The van der Waals surface area contributed by atoms with Crippen LogP contribution in [0.5, 0.6) is 0 Å². The van der Waals surface area contributed by atoms with Gasteiger partial charge in [0.15, 0.2) is 0 Å². The minimum absolute atomic E-state index is 0.00316. The smallest absolute Gasteiger partial charge is 0.315 e. The number of fused-ring (bicyclic) bond motifs is 1. The van der Waals surface area contributed by atoms with Crippen molar-refractivity contribution < 1.29 is 33.6 Å². The van der Waals surface area contributed by atoms with Gasteiger partial charge in [-0.15, -0.1) is 0 Å². The van der Waals surface area contributed by atoms with Gasteiger partial charge >= 0.3 is 6.03 Å². The van der Waals surface area contributed by atoms with Crippen molar-refractivity contribution in [2.75, 3.05) is 13.1 Å². The molecule has 0 aromatic heterocycles. The van der Waals surface area contributed by atoms with Crippen molar-refractivity contribution >= 4 is 41.4 Å². The van der Waals surface area contributed by atoms with E-state index in [4.69, 9.17) is 0 Å². The molecule has 0 bridgehead atoms. The number of imide groups is 1. The van der Waals surface area contributed by atoms with Crippen LogP contribution in [-0.2, 0) is 28.8 Å². The number of piperidine rings is 2. The maximum absolute atomic E-state index is 14.5. The lowest BCUT2D eigenvalue weighted by Gasteiger charge is -2.41. The van der Waals surface area contributed by atoms with Crippen molar-refractivity contribution in [1.29, 1.82) is 0 Å². The normalized spacial score (nSPS) is 30.9. The number of ketones is 1. The summed E-state index contributed by atoms with van der Waals surface area (Å²) in [6, 6.07) is -3.14. The van der Waals surface area contributed by atoms with Crippen LogP contribution in [0.3, 0.4) is 0 Å². The Morgan fingerprint density at radius 2 is 1.44 bits per heavy atom. The topological polar surface area (TPSA) is 174 Å². The van der Waals surface area contributed by atoms with Gasteiger partial charge in [-0.25, -0.2) is 4.79 Å². The zero-order chi connectivity index (χ0) is 37.5. The van der Waals surface area contributed by atoms with E-state index in [0.717, 1.165) is 12.8 Å². The second kappa shape index (κ2) is 12.3. The van der Waals surface area contributed by atoms with E-state index in [1.54, 1.807) is 0 Å². The summed E-state index contributed by atoms with van der Waals surface area (Å²) in [6.45, 7) is 21.2. The number of hydrogen-bond donors (Lipinski definition) is 4. The molecule has 0 unspecified atom stereocenters. The van der Waals surface area contributed by atoms with Crippen molar-refractivity contribution in [2.24, 2.45) is 39.4 Å². The molecule has 2 aliphatic heterocycles. The van der Waals surface area contributed by atoms with Crippen LogP contribution in [-0.4, -0.2) is 93.9 Å². The number of likely N-dealkylation sites (tertiary alicyclic amines) is 2. The third-order valence-corrected chi connectivity index (χ3v) is 11.9. The summed E-state index contributed by atoms with van der Waals surface area (Å²) >= 11 is 0. The van der Waals surface area contributed by atoms with Gasteiger partial charge in [0.05, 0.1) is 6.04 Å². The Labute approximate surface area is 296 Å². The minimum atomic E-state index is -1.29. The molecule has 50 heavy (non-hydrogen) atoms. The number of amides is 7. The molecule has 2 heterocycles. The molecule has 0 aromatic rings. The van der Waals surface area contributed by atoms with Crippen molar-refractivity contribution in [3.05, 3.63) is 0 Å². The number of carbonyl (C=O) groups is 7. The molecule has 3 aliphatic carbocycles. The number of rotatable bonds is 10. The molecule has 0 aromatic carbocycles. The molecule has 5 fully saturated rings. The highest BCUT2D eigenvalue weighted by molar-refractivity contribution is 6.41. The lowest BCUT2D eigenvalue weighted by Crippen LogP contribution is -2.63. The zero-order valence-corrected chi connectivity index (χ0v) is 31.7. The Morgan fingerprint density at radius 3 is 1.92 bits per heavy atom. The van der Waals surface area contributed by atoms with Gasteiger partial charge in [0.25, 0.3) is 5.91 Å². The number of nitrogens with zero attached hydrogens (tertiary/aromatic N) is 2. The summed E-state index contributed by atoms with van der Waals surface area (Å²) in [5.41, 5.74) is -3.22. The average Bonchev–Trinajstić information content (AvgIpc) is 3.90. The summed E-state index contributed by atoms with van der Waals surface area (Å²) in [4.78, 5) is 97.0. The molecule has 0 spiro atoms. The van der Waals surface area contributed by atoms with Gasteiger partial charge in [-0.3, -0.25) is 33.7 Å². The van der Waals surface area contributed by atoms with E-state index in [2.05, 4.69) is 35.1 Å². The molecule has 13 heteroatoms. The lowest BCUT2D eigenvalue weighted by atomic mass is 9.80. The third-order valence-electron chi connectivity index (χ3n) is 11.9. The second-order valence-electron chi connectivity index (χ2n) is 19.3. The number of hydrogen-bond acceptors (Lipinski definition) is 7. The molecule has 278 valence electrons. The third kappa shape index (κ3) is 7.28. The molecule has 5 aliphatic rings. The van der Waals surface area contributed by atoms with Crippen LogP contribution in [0.1, 0.15) is 108 Å². The van der Waals surface area contributed by atoms with E-state index < -0.39 is 69.4 Å². The molecule has 7 amide bonds. The highest BCUT2D eigenvalue weighted by atomic mass is 16.2. The fourth-order valence-electron chi connectivity index (χ4n) is 8.04. The molecule has 5 rings (SSSR count). The Bertz CT molecular complexity index is 1470. The van der Waals surface area contributed by atoms with Crippen LogP contribution in [0.25, 0.3) is 0 Å². The van der Waals surface area contributed by atoms with Crippen LogP contribution in [0, 0.1) is 39.4 Å². The van der Waals surface area contributed by atoms with Gasteiger partial charge in [0.1, 0.15) is 17.6 Å². The maximum Gasteiger partial charge on any atom is 0.315 e. The Hall–Kier alpha value is -3.51. The van der Waals surface area contributed by atoms with Gasteiger partial charge in [0.2, 0.25) is 29.4 Å². The van der Waals surface area contributed by atoms with Crippen molar-refractivity contribution in [2.45, 2.75) is 138 Å². The first-order valence-electron chi connectivity index (χ1n) is 18.2. The number of carbonyl (C=O) groups excluding carboxylic acids is 7. The average molecular weight is 699 g/mol. The second-order valence-corrected chi connectivity index (χ2v) is 19.3. The molecular weight excluding hydrogens is 640 g/mol. The van der Waals surface area contributed by atoms with Crippen LogP contribution >= 0.6 is 0 Å². The first-order valence-corrected chi connectivity index (χ1v) is 18.2. The van der Waals surface area contributed by atoms with Crippen LogP contribution in [0.15, 0.2) is 0 Å². The van der Waals surface area contributed by atoms with E-state index >= 15 is 0 Å². The van der Waals surface area contributed by atoms with Gasteiger partial charge in [-0.05, 0) is 58.7 Å². The highest BCUT2D eigenvalue weighted by Gasteiger charge is 2.71.